The van der Waals surface area contributed by atoms with Gasteiger partial charge in [0, 0.05) is 24.1 Å². The van der Waals surface area contributed by atoms with Gasteiger partial charge in [-0.1, -0.05) is 6.07 Å². The van der Waals surface area contributed by atoms with E-state index in [1.165, 1.54) is 13.1 Å². The summed E-state index contributed by atoms with van der Waals surface area (Å²) >= 11 is 0. The molecule has 0 saturated carbocycles. The first-order valence-electron chi connectivity index (χ1n) is 6.41. The predicted octanol–water partition coefficient (Wildman–Crippen LogP) is 1.49. The van der Waals surface area contributed by atoms with Crippen molar-refractivity contribution in [3.63, 3.8) is 0 Å². The molecule has 4 N–H and O–H groups in total. The summed E-state index contributed by atoms with van der Waals surface area (Å²) in [6.45, 7) is 2.39. The minimum absolute atomic E-state index is 0.130. The number of anilines is 2. The van der Waals surface area contributed by atoms with Gasteiger partial charge in [-0.2, -0.15) is 0 Å². The molecule has 7 heteroatoms. The molecular weight excluding hydrogens is 288 g/mol. The molecule has 0 radical (unpaired) electrons. The van der Waals surface area contributed by atoms with Crippen molar-refractivity contribution in [3.05, 3.63) is 47.8 Å². The quantitative estimate of drug-likeness (QED) is 0.727. The van der Waals surface area contributed by atoms with Crippen molar-refractivity contribution < 1.29 is 8.42 Å². The number of benzene rings is 1. The second kappa shape index (κ2) is 6.11. The number of aryl methyl sites for hydroxylation is 1. The number of nitrogens with two attached hydrogens (primary N) is 1. The van der Waals surface area contributed by atoms with Crippen molar-refractivity contribution in [2.45, 2.75) is 18.4 Å². The maximum atomic E-state index is 12.0. The molecule has 0 bridgehead atoms. The van der Waals surface area contributed by atoms with Gasteiger partial charge in [-0.3, -0.25) is 4.98 Å². The first-order valence-corrected chi connectivity index (χ1v) is 7.89. The Bertz CT molecular complexity index is 727. The second-order valence-corrected chi connectivity index (χ2v) is 6.48. The van der Waals surface area contributed by atoms with Crippen LogP contribution in [0.3, 0.4) is 0 Å². The largest absolute Gasteiger partial charge is 0.399 e. The van der Waals surface area contributed by atoms with Crippen LogP contribution in [0.15, 0.2) is 41.4 Å². The zero-order valence-corrected chi connectivity index (χ0v) is 12.7. The fourth-order valence-corrected chi connectivity index (χ4v) is 2.76. The lowest BCUT2D eigenvalue weighted by Gasteiger charge is -2.13. The van der Waals surface area contributed by atoms with E-state index in [0.29, 0.717) is 17.9 Å². The van der Waals surface area contributed by atoms with Crippen LogP contribution in [0.4, 0.5) is 11.4 Å². The van der Waals surface area contributed by atoms with Crippen molar-refractivity contribution in [1.29, 1.82) is 0 Å². The van der Waals surface area contributed by atoms with Crippen molar-refractivity contribution in [1.82, 2.24) is 9.71 Å². The van der Waals surface area contributed by atoms with Gasteiger partial charge in [0.15, 0.2) is 0 Å². The summed E-state index contributed by atoms with van der Waals surface area (Å²) in [5, 5.41) is 3.10. The number of nitrogens with one attached hydrogen (secondary N) is 2. The van der Waals surface area contributed by atoms with Crippen LogP contribution in [0.5, 0.6) is 0 Å². The van der Waals surface area contributed by atoms with E-state index in [4.69, 9.17) is 5.73 Å². The Morgan fingerprint density at radius 3 is 2.62 bits per heavy atom. The lowest BCUT2D eigenvalue weighted by molar-refractivity contribution is 0.588. The number of nitrogen functional groups attached to an aromatic ring is 1. The van der Waals surface area contributed by atoms with E-state index >= 15 is 0 Å². The van der Waals surface area contributed by atoms with Gasteiger partial charge in [0.05, 0.1) is 5.69 Å². The van der Waals surface area contributed by atoms with E-state index in [-0.39, 0.29) is 4.90 Å². The van der Waals surface area contributed by atoms with Crippen LogP contribution < -0.4 is 15.8 Å². The van der Waals surface area contributed by atoms with Gasteiger partial charge >= 0.3 is 0 Å². The van der Waals surface area contributed by atoms with Crippen LogP contribution in [0, 0.1) is 6.92 Å². The lowest BCUT2D eigenvalue weighted by Crippen LogP contribution is -2.20. The molecule has 0 spiro atoms. The average Bonchev–Trinajstić information content (AvgIpc) is 2.47. The van der Waals surface area contributed by atoms with Gasteiger partial charge in [-0.05, 0) is 43.8 Å². The molecule has 0 saturated heterocycles. The fraction of sp³-hybridized carbons (Fsp3) is 0.214. The Balaban J connectivity index is 2.26. The molecule has 0 fully saturated rings. The van der Waals surface area contributed by atoms with Crippen LogP contribution in [0.25, 0.3) is 0 Å². The van der Waals surface area contributed by atoms with Crippen LogP contribution in [0.2, 0.25) is 0 Å². The zero-order valence-electron chi connectivity index (χ0n) is 11.9. The van der Waals surface area contributed by atoms with E-state index < -0.39 is 10.0 Å². The minimum Gasteiger partial charge on any atom is -0.399 e. The molecule has 0 aliphatic heterocycles. The Kier molecular flexibility index (Phi) is 4.44. The first-order chi connectivity index (χ1) is 9.92. The van der Waals surface area contributed by atoms with E-state index in [0.717, 1.165) is 11.3 Å². The molecular formula is C14H18N4O2S. The molecule has 1 aromatic heterocycles. The Labute approximate surface area is 124 Å². The minimum atomic E-state index is -3.57. The van der Waals surface area contributed by atoms with Crippen molar-refractivity contribution >= 4 is 21.4 Å². The van der Waals surface area contributed by atoms with Gasteiger partial charge in [-0.25, -0.2) is 13.1 Å². The Morgan fingerprint density at radius 1 is 1.24 bits per heavy atom. The van der Waals surface area contributed by atoms with E-state index in [2.05, 4.69) is 15.0 Å². The molecule has 0 amide bonds. The smallest absolute Gasteiger partial charge is 0.242 e. The van der Waals surface area contributed by atoms with Crippen molar-refractivity contribution in [2.75, 3.05) is 18.1 Å². The molecule has 1 aromatic carbocycles. The maximum Gasteiger partial charge on any atom is 0.242 e. The number of hydrogen-bond acceptors (Lipinski definition) is 5. The molecule has 21 heavy (non-hydrogen) atoms. The third-order valence-corrected chi connectivity index (χ3v) is 4.47. The molecule has 6 nitrogen and oxygen atoms in total. The summed E-state index contributed by atoms with van der Waals surface area (Å²) in [4.78, 5) is 4.33. The predicted molar refractivity (Wildman–Crippen MR) is 83.4 cm³/mol. The van der Waals surface area contributed by atoms with Crippen LogP contribution in [0.1, 0.15) is 11.3 Å². The number of aromatic nitrogens is 1. The molecule has 0 aliphatic rings. The number of rotatable bonds is 5. The highest BCUT2D eigenvalue weighted by molar-refractivity contribution is 7.89. The number of hydrogen-bond donors (Lipinski definition) is 3. The standard InChI is InChI=1S/C14H18N4O2S/c1-10-3-4-11(8-17-10)9-18-13-6-5-12(15)7-14(13)21(19,20)16-2/h3-8,16,18H,9,15H2,1-2H3. The number of nitrogens with zero attached hydrogens (tertiary/aromatic N) is 1. The van der Waals surface area contributed by atoms with Crippen LogP contribution in [-0.4, -0.2) is 20.4 Å². The summed E-state index contributed by atoms with van der Waals surface area (Å²) < 4.78 is 26.3. The highest BCUT2D eigenvalue weighted by Crippen LogP contribution is 2.24. The highest BCUT2D eigenvalue weighted by Gasteiger charge is 2.16. The Morgan fingerprint density at radius 2 is 2.00 bits per heavy atom. The zero-order chi connectivity index (χ0) is 15.5. The maximum absolute atomic E-state index is 12.0. The van der Waals surface area contributed by atoms with Crippen LogP contribution in [-0.2, 0) is 16.6 Å². The topological polar surface area (TPSA) is 97.1 Å². The summed E-state index contributed by atoms with van der Waals surface area (Å²) in [5.74, 6) is 0. The third kappa shape index (κ3) is 3.71. The summed E-state index contributed by atoms with van der Waals surface area (Å²) in [6, 6.07) is 8.59. The fourth-order valence-electron chi connectivity index (χ4n) is 1.82. The van der Waals surface area contributed by atoms with Gasteiger partial charge in [0.1, 0.15) is 4.90 Å². The molecule has 0 aliphatic carbocycles. The molecule has 2 rings (SSSR count). The van der Waals surface area contributed by atoms with Gasteiger partial charge in [0.2, 0.25) is 10.0 Å². The first kappa shape index (κ1) is 15.3. The van der Waals surface area contributed by atoms with Crippen molar-refractivity contribution in [3.8, 4) is 0 Å². The van der Waals surface area contributed by atoms with Gasteiger partial charge < -0.3 is 11.1 Å². The molecule has 2 aromatic rings. The molecule has 1 heterocycles. The Hall–Kier alpha value is -2.12. The van der Waals surface area contributed by atoms with Gasteiger partial charge in [-0.15, -0.1) is 0 Å². The second-order valence-electron chi connectivity index (χ2n) is 4.62. The normalized spacial score (nSPS) is 11.3. The van der Waals surface area contributed by atoms with E-state index in [1.54, 1.807) is 18.3 Å². The van der Waals surface area contributed by atoms with Crippen molar-refractivity contribution in [2.24, 2.45) is 0 Å². The highest BCUT2D eigenvalue weighted by atomic mass is 32.2. The van der Waals surface area contributed by atoms with E-state index in [9.17, 15) is 8.42 Å². The van der Waals surface area contributed by atoms with E-state index in [1.807, 2.05) is 19.1 Å². The average molecular weight is 306 g/mol. The molecule has 0 unspecified atom stereocenters. The lowest BCUT2D eigenvalue weighted by atomic mass is 10.2. The van der Waals surface area contributed by atoms with Crippen LogP contribution >= 0.6 is 0 Å². The third-order valence-electron chi connectivity index (χ3n) is 3.02. The summed E-state index contributed by atoms with van der Waals surface area (Å²) in [6.07, 6.45) is 1.76. The monoisotopic (exact) mass is 306 g/mol. The summed E-state index contributed by atoms with van der Waals surface area (Å²) in [5.41, 5.74) is 8.46. The number of sulfonamides is 1. The molecule has 0 atom stereocenters. The SMILES string of the molecule is CNS(=O)(=O)c1cc(N)ccc1NCc1ccc(C)nc1. The number of pyridine rings is 1. The molecule has 112 valence electrons. The van der Waals surface area contributed by atoms with Gasteiger partial charge in [0.25, 0.3) is 0 Å². The summed E-state index contributed by atoms with van der Waals surface area (Å²) in [7, 11) is -2.20.